The maximum atomic E-state index is 5.69. The van der Waals surface area contributed by atoms with Gasteiger partial charge in [0.1, 0.15) is 6.33 Å². The fourth-order valence-electron chi connectivity index (χ4n) is 1.61. The summed E-state index contributed by atoms with van der Waals surface area (Å²) in [5.41, 5.74) is 6.63. The number of rotatable bonds is 4. The Kier molecular flexibility index (Phi) is 3.25. The molecule has 3 heterocycles. The van der Waals surface area contributed by atoms with Crippen LogP contribution < -0.4 is 11.1 Å². The molecule has 3 N–H and O–H groups in total. The minimum absolute atomic E-state index is 0.153. The molecule has 3 aromatic heterocycles. The Labute approximate surface area is 118 Å². The number of nitrogens with two attached hydrogens (primary N) is 1. The SMILES string of the molecule is Cc1nc(CNc2nc(N)nc(-n3ccnc3)n2)cs1. The van der Waals surface area contributed by atoms with Gasteiger partial charge in [-0.15, -0.1) is 11.3 Å². The molecule has 8 nitrogen and oxygen atoms in total. The third-order valence-electron chi connectivity index (χ3n) is 2.47. The first-order chi connectivity index (χ1) is 9.70. The number of aromatic nitrogens is 6. The molecule has 0 bridgehead atoms. The summed E-state index contributed by atoms with van der Waals surface area (Å²) in [5.74, 6) is 0.986. The van der Waals surface area contributed by atoms with Gasteiger partial charge in [-0.25, -0.2) is 9.97 Å². The average molecular weight is 288 g/mol. The lowest BCUT2D eigenvalue weighted by Crippen LogP contribution is -2.10. The van der Waals surface area contributed by atoms with Crippen LogP contribution in [0.3, 0.4) is 0 Å². The second-order valence-corrected chi connectivity index (χ2v) is 5.06. The predicted molar refractivity (Wildman–Crippen MR) is 75.5 cm³/mol. The molecule has 0 amide bonds. The molecule has 0 atom stereocenters. The predicted octanol–water partition coefficient (Wildman–Crippen LogP) is 1.02. The van der Waals surface area contributed by atoms with Crippen LogP contribution in [0.15, 0.2) is 24.1 Å². The Morgan fingerprint density at radius 1 is 1.30 bits per heavy atom. The summed E-state index contributed by atoms with van der Waals surface area (Å²) in [7, 11) is 0. The summed E-state index contributed by atoms with van der Waals surface area (Å²) in [6.07, 6.45) is 4.98. The van der Waals surface area contributed by atoms with Gasteiger partial charge in [0.25, 0.3) is 0 Å². The lowest BCUT2D eigenvalue weighted by atomic mass is 10.5. The molecular weight excluding hydrogens is 276 g/mol. The monoisotopic (exact) mass is 288 g/mol. The molecule has 0 fully saturated rings. The molecule has 0 aliphatic heterocycles. The average Bonchev–Trinajstić information content (AvgIpc) is 3.07. The highest BCUT2D eigenvalue weighted by Crippen LogP contribution is 2.11. The summed E-state index contributed by atoms with van der Waals surface area (Å²) in [4.78, 5) is 20.7. The number of nitrogens with zero attached hydrogens (tertiary/aromatic N) is 6. The standard InChI is InChI=1S/C11H12N8S/c1-7-15-8(5-20-7)4-14-10-16-9(12)17-11(18-10)19-3-2-13-6-19/h2-3,5-6H,4H2,1H3,(H3,12,14,16,17,18). The van der Waals surface area contributed by atoms with Gasteiger partial charge in [-0.05, 0) is 6.92 Å². The van der Waals surface area contributed by atoms with Crippen LogP contribution in [0.5, 0.6) is 0 Å². The lowest BCUT2D eigenvalue weighted by Gasteiger charge is -2.06. The number of imidazole rings is 1. The number of nitrogens with one attached hydrogen (secondary N) is 1. The normalized spacial score (nSPS) is 10.7. The van der Waals surface area contributed by atoms with Gasteiger partial charge in [-0.1, -0.05) is 0 Å². The highest BCUT2D eigenvalue weighted by Gasteiger charge is 2.06. The van der Waals surface area contributed by atoms with Gasteiger partial charge in [0.2, 0.25) is 17.8 Å². The van der Waals surface area contributed by atoms with Crippen molar-refractivity contribution >= 4 is 23.2 Å². The van der Waals surface area contributed by atoms with Crippen molar-refractivity contribution in [3.63, 3.8) is 0 Å². The van der Waals surface area contributed by atoms with Crippen LogP contribution in [0.25, 0.3) is 5.95 Å². The molecule has 9 heteroatoms. The first-order valence-corrected chi connectivity index (χ1v) is 6.73. The van der Waals surface area contributed by atoms with Crippen LogP contribution >= 0.6 is 11.3 Å². The second-order valence-electron chi connectivity index (χ2n) is 4.00. The van der Waals surface area contributed by atoms with Gasteiger partial charge in [0.05, 0.1) is 17.2 Å². The molecule has 20 heavy (non-hydrogen) atoms. The molecule has 3 aromatic rings. The van der Waals surface area contributed by atoms with Crippen molar-refractivity contribution in [2.45, 2.75) is 13.5 Å². The fraction of sp³-hybridized carbons (Fsp3) is 0.182. The minimum Gasteiger partial charge on any atom is -0.368 e. The topological polar surface area (TPSA) is 107 Å². The van der Waals surface area contributed by atoms with Crippen molar-refractivity contribution in [3.05, 3.63) is 34.8 Å². The van der Waals surface area contributed by atoms with E-state index in [9.17, 15) is 0 Å². The Bertz CT molecular complexity index is 705. The third-order valence-corrected chi connectivity index (χ3v) is 3.29. The van der Waals surface area contributed by atoms with E-state index in [1.165, 1.54) is 0 Å². The maximum absolute atomic E-state index is 5.69. The zero-order valence-electron chi connectivity index (χ0n) is 10.7. The molecule has 0 aliphatic carbocycles. The van der Waals surface area contributed by atoms with E-state index >= 15 is 0 Å². The van der Waals surface area contributed by atoms with Gasteiger partial charge in [-0.2, -0.15) is 15.0 Å². The van der Waals surface area contributed by atoms with E-state index in [0.717, 1.165) is 10.7 Å². The summed E-state index contributed by atoms with van der Waals surface area (Å²) < 4.78 is 1.66. The summed E-state index contributed by atoms with van der Waals surface area (Å²) in [6, 6.07) is 0. The van der Waals surface area contributed by atoms with Crippen LogP contribution in [0.4, 0.5) is 11.9 Å². The molecule has 102 valence electrons. The minimum atomic E-state index is 0.153. The van der Waals surface area contributed by atoms with Crippen molar-refractivity contribution in [3.8, 4) is 5.95 Å². The smallest absolute Gasteiger partial charge is 0.241 e. The van der Waals surface area contributed by atoms with Crippen LogP contribution in [-0.2, 0) is 6.54 Å². The highest BCUT2D eigenvalue weighted by molar-refractivity contribution is 7.09. The van der Waals surface area contributed by atoms with E-state index in [-0.39, 0.29) is 5.95 Å². The Morgan fingerprint density at radius 2 is 2.20 bits per heavy atom. The lowest BCUT2D eigenvalue weighted by molar-refractivity contribution is 0.892. The molecule has 0 radical (unpaired) electrons. The first-order valence-electron chi connectivity index (χ1n) is 5.85. The Morgan fingerprint density at radius 3 is 2.90 bits per heavy atom. The molecular formula is C11H12N8S. The number of aryl methyl sites for hydroxylation is 1. The molecule has 3 rings (SSSR count). The summed E-state index contributed by atoms with van der Waals surface area (Å²) >= 11 is 1.60. The van der Waals surface area contributed by atoms with Crippen LogP contribution in [0.2, 0.25) is 0 Å². The van der Waals surface area contributed by atoms with E-state index in [4.69, 9.17) is 5.73 Å². The Hall–Kier alpha value is -2.55. The zero-order valence-corrected chi connectivity index (χ0v) is 11.5. The molecule has 0 aromatic carbocycles. The van der Waals surface area contributed by atoms with E-state index in [1.54, 1.807) is 34.6 Å². The molecule has 0 saturated heterocycles. The largest absolute Gasteiger partial charge is 0.368 e. The number of hydrogen-bond donors (Lipinski definition) is 2. The fourth-order valence-corrected chi connectivity index (χ4v) is 2.22. The summed E-state index contributed by atoms with van der Waals surface area (Å²) in [5, 5.41) is 6.10. The van der Waals surface area contributed by atoms with E-state index in [2.05, 4.69) is 30.2 Å². The summed E-state index contributed by atoms with van der Waals surface area (Å²) in [6.45, 7) is 2.50. The highest BCUT2D eigenvalue weighted by atomic mass is 32.1. The van der Waals surface area contributed by atoms with Gasteiger partial charge in [-0.3, -0.25) is 4.57 Å². The number of nitrogen functional groups attached to an aromatic ring is 1. The third kappa shape index (κ3) is 2.72. The van der Waals surface area contributed by atoms with E-state index < -0.39 is 0 Å². The van der Waals surface area contributed by atoms with Crippen molar-refractivity contribution < 1.29 is 0 Å². The van der Waals surface area contributed by atoms with Crippen LogP contribution in [0.1, 0.15) is 10.7 Å². The van der Waals surface area contributed by atoms with Gasteiger partial charge in [0, 0.05) is 17.8 Å². The van der Waals surface area contributed by atoms with Crippen molar-refractivity contribution in [1.29, 1.82) is 0 Å². The molecule has 0 spiro atoms. The van der Waals surface area contributed by atoms with E-state index in [1.807, 2.05) is 12.3 Å². The zero-order chi connectivity index (χ0) is 13.9. The maximum Gasteiger partial charge on any atom is 0.241 e. The quantitative estimate of drug-likeness (QED) is 0.737. The van der Waals surface area contributed by atoms with Gasteiger partial charge in [0.15, 0.2) is 0 Å². The van der Waals surface area contributed by atoms with E-state index in [0.29, 0.717) is 18.4 Å². The number of anilines is 2. The number of hydrogen-bond acceptors (Lipinski definition) is 8. The van der Waals surface area contributed by atoms with Crippen molar-refractivity contribution in [2.24, 2.45) is 0 Å². The van der Waals surface area contributed by atoms with Gasteiger partial charge < -0.3 is 11.1 Å². The first kappa shape index (κ1) is 12.5. The molecule has 0 unspecified atom stereocenters. The van der Waals surface area contributed by atoms with Crippen LogP contribution in [-0.4, -0.2) is 29.5 Å². The van der Waals surface area contributed by atoms with Crippen molar-refractivity contribution in [2.75, 3.05) is 11.1 Å². The second kappa shape index (κ2) is 5.21. The van der Waals surface area contributed by atoms with Gasteiger partial charge >= 0.3 is 0 Å². The molecule has 0 saturated carbocycles. The molecule has 0 aliphatic rings. The van der Waals surface area contributed by atoms with Crippen molar-refractivity contribution in [1.82, 2.24) is 29.5 Å². The number of thiazole rings is 1. The van der Waals surface area contributed by atoms with Crippen LogP contribution in [0, 0.1) is 6.92 Å². The Balaban J connectivity index is 1.79.